The van der Waals surface area contributed by atoms with Crippen LogP contribution in [0.25, 0.3) is 10.9 Å². The molecule has 0 amide bonds. The predicted molar refractivity (Wildman–Crippen MR) is 81.4 cm³/mol. The van der Waals surface area contributed by atoms with Crippen molar-refractivity contribution >= 4 is 28.2 Å². The zero-order valence-corrected chi connectivity index (χ0v) is 12.0. The molecule has 2 aliphatic heterocycles. The van der Waals surface area contributed by atoms with Crippen LogP contribution in [-0.2, 0) is 10.6 Å². The zero-order chi connectivity index (χ0) is 13.5. The SMILES string of the molecule is ClCc1cc(N2CC3CCC(C2)O3)c2ccccc2n1. The number of alkyl halides is 1. The molecule has 1 aromatic carbocycles. The van der Waals surface area contributed by atoms with Crippen molar-refractivity contribution in [3.63, 3.8) is 0 Å². The molecular formula is C16H17ClN2O. The van der Waals surface area contributed by atoms with Gasteiger partial charge in [0.2, 0.25) is 0 Å². The molecule has 3 heterocycles. The van der Waals surface area contributed by atoms with Crippen molar-refractivity contribution in [3.8, 4) is 0 Å². The van der Waals surface area contributed by atoms with Crippen molar-refractivity contribution in [1.82, 2.24) is 4.98 Å². The van der Waals surface area contributed by atoms with E-state index in [1.165, 1.54) is 23.9 Å². The highest BCUT2D eigenvalue weighted by Crippen LogP contribution is 2.33. The number of morpholine rings is 1. The highest BCUT2D eigenvalue weighted by molar-refractivity contribution is 6.17. The molecule has 2 fully saturated rings. The number of aromatic nitrogens is 1. The van der Waals surface area contributed by atoms with Gasteiger partial charge in [0.15, 0.2) is 0 Å². The molecule has 2 bridgehead atoms. The Balaban J connectivity index is 1.81. The van der Waals surface area contributed by atoms with Gasteiger partial charge in [0.1, 0.15) is 0 Å². The van der Waals surface area contributed by atoms with Crippen LogP contribution in [0.15, 0.2) is 30.3 Å². The lowest BCUT2D eigenvalue weighted by molar-refractivity contribution is 0.0306. The molecular weight excluding hydrogens is 272 g/mol. The summed E-state index contributed by atoms with van der Waals surface area (Å²) in [6, 6.07) is 10.4. The average Bonchev–Trinajstić information content (AvgIpc) is 2.84. The molecule has 20 heavy (non-hydrogen) atoms. The maximum atomic E-state index is 6.00. The number of pyridine rings is 1. The quantitative estimate of drug-likeness (QED) is 0.793. The largest absolute Gasteiger partial charge is 0.371 e. The summed E-state index contributed by atoms with van der Waals surface area (Å²) >= 11 is 6.00. The van der Waals surface area contributed by atoms with Gasteiger partial charge < -0.3 is 9.64 Å². The molecule has 0 spiro atoms. The summed E-state index contributed by atoms with van der Waals surface area (Å²) < 4.78 is 5.93. The van der Waals surface area contributed by atoms with Crippen LogP contribution in [-0.4, -0.2) is 30.3 Å². The smallest absolute Gasteiger partial charge is 0.0755 e. The summed E-state index contributed by atoms with van der Waals surface area (Å²) in [6.45, 7) is 1.96. The predicted octanol–water partition coefficient (Wildman–Crippen LogP) is 3.34. The number of para-hydroxylation sites is 1. The molecule has 3 nitrogen and oxygen atoms in total. The van der Waals surface area contributed by atoms with Crippen LogP contribution in [0.3, 0.4) is 0 Å². The van der Waals surface area contributed by atoms with Crippen LogP contribution in [0.2, 0.25) is 0 Å². The Bertz CT molecular complexity index is 633. The van der Waals surface area contributed by atoms with E-state index in [0.717, 1.165) is 24.3 Å². The third-order valence-corrected chi connectivity index (χ3v) is 4.54. The Hall–Kier alpha value is -1.32. The number of nitrogens with zero attached hydrogens (tertiary/aromatic N) is 2. The van der Waals surface area contributed by atoms with Crippen LogP contribution >= 0.6 is 11.6 Å². The summed E-state index contributed by atoms with van der Waals surface area (Å²) in [5, 5.41) is 1.21. The van der Waals surface area contributed by atoms with Gasteiger partial charge in [0.25, 0.3) is 0 Å². The summed E-state index contributed by atoms with van der Waals surface area (Å²) in [5.74, 6) is 0.453. The second kappa shape index (κ2) is 4.90. The lowest BCUT2D eigenvalue weighted by Gasteiger charge is -2.34. The van der Waals surface area contributed by atoms with Crippen LogP contribution in [0.1, 0.15) is 18.5 Å². The second-order valence-electron chi connectivity index (χ2n) is 5.65. The van der Waals surface area contributed by atoms with E-state index in [0.29, 0.717) is 18.1 Å². The van der Waals surface area contributed by atoms with E-state index in [4.69, 9.17) is 16.3 Å². The van der Waals surface area contributed by atoms with Gasteiger partial charge in [-0.3, -0.25) is 4.98 Å². The van der Waals surface area contributed by atoms with Crippen molar-refractivity contribution in [2.75, 3.05) is 18.0 Å². The Labute approximate surface area is 123 Å². The maximum Gasteiger partial charge on any atom is 0.0755 e. The van der Waals surface area contributed by atoms with Gasteiger partial charge >= 0.3 is 0 Å². The molecule has 4 heteroatoms. The first-order valence-electron chi connectivity index (χ1n) is 7.18. The molecule has 1 aromatic heterocycles. The van der Waals surface area contributed by atoms with Crippen LogP contribution in [0, 0.1) is 0 Å². The van der Waals surface area contributed by atoms with Gasteiger partial charge in [-0.2, -0.15) is 0 Å². The Morgan fingerprint density at radius 2 is 1.95 bits per heavy atom. The number of hydrogen-bond donors (Lipinski definition) is 0. The average molecular weight is 289 g/mol. The fraction of sp³-hybridized carbons (Fsp3) is 0.438. The van der Waals surface area contributed by atoms with Gasteiger partial charge in [0.05, 0.1) is 29.3 Å². The van der Waals surface area contributed by atoms with E-state index in [9.17, 15) is 0 Å². The van der Waals surface area contributed by atoms with Gasteiger partial charge in [-0.25, -0.2) is 0 Å². The van der Waals surface area contributed by atoms with Gasteiger partial charge in [-0.15, -0.1) is 11.6 Å². The van der Waals surface area contributed by atoms with Gasteiger partial charge in [-0.1, -0.05) is 18.2 Å². The molecule has 2 aliphatic rings. The van der Waals surface area contributed by atoms with E-state index in [-0.39, 0.29) is 0 Å². The van der Waals surface area contributed by atoms with Crippen LogP contribution in [0.5, 0.6) is 0 Å². The fourth-order valence-electron chi connectivity index (χ4n) is 3.35. The molecule has 2 unspecified atom stereocenters. The zero-order valence-electron chi connectivity index (χ0n) is 11.3. The molecule has 104 valence electrons. The second-order valence-corrected chi connectivity index (χ2v) is 5.91. The molecule has 0 saturated carbocycles. The minimum absolute atomic E-state index is 0.389. The van der Waals surface area contributed by atoms with E-state index >= 15 is 0 Å². The minimum Gasteiger partial charge on any atom is -0.371 e. The summed E-state index contributed by atoms with van der Waals surface area (Å²) in [4.78, 5) is 7.06. The normalized spacial score (nSPS) is 25.4. The lowest BCUT2D eigenvalue weighted by atomic mass is 10.1. The maximum absolute atomic E-state index is 6.00. The highest BCUT2D eigenvalue weighted by Gasteiger charge is 2.34. The van der Waals surface area contributed by atoms with Gasteiger partial charge in [-0.05, 0) is 25.0 Å². The topological polar surface area (TPSA) is 25.4 Å². The van der Waals surface area contributed by atoms with Crippen LogP contribution < -0.4 is 4.90 Å². The number of anilines is 1. The number of hydrogen-bond acceptors (Lipinski definition) is 3. The number of benzene rings is 1. The molecule has 2 aromatic rings. The standard InChI is InChI=1S/C16H17ClN2O/c17-8-11-7-16(14-3-1-2-4-15(14)18-11)19-9-12-5-6-13(10-19)20-12/h1-4,7,12-13H,5-6,8-10H2. The summed E-state index contributed by atoms with van der Waals surface area (Å²) in [7, 11) is 0. The Morgan fingerprint density at radius 3 is 2.70 bits per heavy atom. The van der Waals surface area contributed by atoms with Crippen LogP contribution in [0.4, 0.5) is 5.69 Å². The van der Waals surface area contributed by atoms with E-state index in [1.807, 2.05) is 6.07 Å². The van der Waals surface area contributed by atoms with E-state index in [2.05, 4.69) is 34.1 Å². The third-order valence-electron chi connectivity index (χ3n) is 4.27. The molecule has 2 atom stereocenters. The molecule has 0 radical (unpaired) electrons. The number of fused-ring (bicyclic) bond motifs is 3. The minimum atomic E-state index is 0.389. The van der Waals surface area contributed by atoms with E-state index in [1.54, 1.807) is 0 Å². The first-order valence-corrected chi connectivity index (χ1v) is 7.72. The molecule has 4 rings (SSSR count). The Morgan fingerprint density at radius 1 is 1.20 bits per heavy atom. The monoisotopic (exact) mass is 288 g/mol. The van der Waals surface area contributed by atoms with Crippen molar-refractivity contribution < 1.29 is 4.74 Å². The first kappa shape index (κ1) is 12.4. The van der Waals surface area contributed by atoms with Crippen molar-refractivity contribution in [1.29, 1.82) is 0 Å². The Kier molecular flexibility index (Phi) is 3.04. The lowest BCUT2D eigenvalue weighted by Crippen LogP contribution is -2.42. The summed E-state index contributed by atoms with van der Waals surface area (Å²) in [5.41, 5.74) is 3.23. The molecule has 2 saturated heterocycles. The number of rotatable bonds is 2. The van der Waals surface area contributed by atoms with Crippen molar-refractivity contribution in [2.45, 2.75) is 30.9 Å². The first-order chi connectivity index (χ1) is 9.83. The molecule has 0 aliphatic carbocycles. The molecule has 0 N–H and O–H groups in total. The number of halogens is 1. The van der Waals surface area contributed by atoms with E-state index < -0.39 is 0 Å². The third kappa shape index (κ3) is 2.05. The van der Waals surface area contributed by atoms with Crippen molar-refractivity contribution in [3.05, 3.63) is 36.0 Å². The number of ether oxygens (including phenoxy) is 1. The van der Waals surface area contributed by atoms with Crippen molar-refractivity contribution in [2.24, 2.45) is 0 Å². The fourth-order valence-corrected chi connectivity index (χ4v) is 3.49. The summed E-state index contributed by atoms with van der Waals surface area (Å²) in [6.07, 6.45) is 3.15. The van der Waals surface area contributed by atoms with Gasteiger partial charge in [0, 0.05) is 24.2 Å². The highest BCUT2D eigenvalue weighted by atomic mass is 35.5.